The number of nitrogens with one attached hydrogen (secondary N) is 1. The minimum absolute atomic E-state index is 0.0219. The number of carbonyl (C=O) groups excluding carboxylic acids is 2. The maximum Gasteiger partial charge on any atom is 0.410 e. The predicted molar refractivity (Wildman–Crippen MR) is 70.8 cm³/mol. The Bertz CT molecular complexity index is 506. The van der Waals surface area contributed by atoms with Crippen molar-refractivity contribution >= 4 is 12.0 Å². The number of aromatic hydroxyl groups is 1. The summed E-state index contributed by atoms with van der Waals surface area (Å²) in [4.78, 5) is 25.0. The molecule has 1 aromatic carbocycles. The maximum absolute atomic E-state index is 11.9. The molecule has 7 heteroatoms. The van der Waals surface area contributed by atoms with Gasteiger partial charge in [-0.15, -0.1) is 0 Å². The Morgan fingerprint density at radius 1 is 1.55 bits per heavy atom. The second kappa shape index (κ2) is 6.25. The number of nitrogens with zero attached hydrogens (tertiary/aromatic N) is 1. The summed E-state index contributed by atoms with van der Waals surface area (Å²) in [6.45, 7) is 0.908. The van der Waals surface area contributed by atoms with E-state index in [0.29, 0.717) is 13.1 Å². The van der Waals surface area contributed by atoms with Crippen LogP contribution >= 0.6 is 0 Å². The van der Waals surface area contributed by atoms with Crippen LogP contribution in [0.15, 0.2) is 24.3 Å². The van der Waals surface area contributed by atoms with Gasteiger partial charge >= 0.3 is 6.09 Å². The average Bonchev–Trinajstić information content (AvgIpc) is 2.78. The van der Waals surface area contributed by atoms with Gasteiger partial charge in [-0.1, -0.05) is 12.1 Å². The Balaban J connectivity index is 2.07. The number of ether oxygens (including phenoxy) is 1. The monoisotopic (exact) mass is 279 g/mol. The molecule has 1 fully saturated rings. The van der Waals surface area contributed by atoms with Crippen LogP contribution in [0, 0.1) is 0 Å². The summed E-state index contributed by atoms with van der Waals surface area (Å²) in [6, 6.07) is 5.85. The van der Waals surface area contributed by atoms with E-state index in [1.54, 1.807) is 18.2 Å². The van der Waals surface area contributed by atoms with Gasteiger partial charge in [0.15, 0.2) is 0 Å². The number of rotatable bonds is 5. The Kier molecular flexibility index (Phi) is 4.41. The number of cyclic esters (lactones) is 1. The Hall–Kier alpha value is -2.28. The summed E-state index contributed by atoms with van der Waals surface area (Å²) >= 11 is 0. The number of amides is 2. The maximum atomic E-state index is 11.9. The fourth-order valence-corrected chi connectivity index (χ4v) is 2.01. The van der Waals surface area contributed by atoms with Gasteiger partial charge in [0.1, 0.15) is 18.4 Å². The molecule has 0 spiro atoms. The molecule has 1 aromatic rings. The molecular formula is C13H17N3O4. The van der Waals surface area contributed by atoms with E-state index in [1.807, 2.05) is 0 Å². The van der Waals surface area contributed by atoms with Crippen LogP contribution in [-0.2, 0) is 16.1 Å². The number of phenolic OH excluding ortho intramolecular Hbond substituents is 1. The molecule has 0 aliphatic carbocycles. The van der Waals surface area contributed by atoms with E-state index in [0.717, 1.165) is 5.56 Å². The molecule has 0 aromatic heterocycles. The van der Waals surface area contributed by atoms with E-state index in [-0.39, 0.29) is 24.8 Å². The highest BCUT2D eigenvalue weighted by molar-refractivity contribution is 5.87. The molecule has 0 radical (unpaired) electrons. The second-order valence-electron chi connectivity index (χ2n) is 4.47. The molecule has 1 aliphatic heterocycles. The number of benzene rings is 1. The Morgan fingerprint density at radius 2 is 2.35 bits per heavy atom. The van der Waals surface area contributed by atoms with Gasteiger partial charge in [0, 0.05) is 13.1 Å². The fraction of sp³-hybridized carbons (Fsp3) is 0.385. The van der Waals surface area contributed by atoms with Crippen LogP contribution in [-0.4, -0.2) is 47.7 Å². The van der Waals surface area contributed by atoms with Gasteiger partial charge in [0.2, 0.25) is 5.91 Å². The van der Waals surface area contributed by atoms with E-state index in [2.05, 4.69) is 5.32 Å². The van der Waals surface area contributed by atoms with E-state index < -0.39 is 12.1 Å². The van der Waals surface area contributed by atoms with Crippen LogP contribution in [0.4, 0.5) is 4.79 Å². The van der Waals surface area contributed by atoms with Crippen molar-refractivity contribution in [1.82, 2.24) is 10.2 Å². The fourth-order valence-electron chi connectivity index (χ4n) is 2.01. The van der Waals surface area contributed by atoms with E-state index in [1.165, 1.54) is 11.0 Å². The quantitative estimate of drug-likeness (QED) is 0.691. The molecule has 2 amide bonds. The van der Waals surface area contributed by atoms with Crippen LogP contribution in [0.2, 0.25) is 0 Å². The summed E-state index contributed by atoms with van der Waals surface area (Å²) < 4.78 is 4.91. The lowest BCUT2D eigenvalue weighted by Gasteiger charge is -2.20. The van der Waals surface area contributed by atoms with Gasteiger partial charge in [0.05, 0.1) is 6.54 Å². The molecule has 1 heterocycles. The molecule has 0 saturated carbocycles. The van der Waals surface area contributed by atoms with Gasteiger partial charge in [-0.25, -0.2) is 4.79 Å². The topological polar surface area (TPSA) is 105 Å². The SMILES string of the molecule is NCCNC(=O)[C@@H]1COC(=O)N1Cc1cccc(O)c1. The first kappa shape index (κ1) is 14.1. The zero-order chi connectivity index (χ0) is 14.5. The minimum atomic E-state index is -0.670. The number of hydrogen-bond donors (Lipinski definition) is 3. The standard InChI is InChI=1S/C13H17N3O4/c14-4-5-15-12(18)11-8-20-13(19)16(11)7-9-2-1-3-10(17)6-9/h1-3,6,11,17H,4-5,7-8,14H2,(H,15,18)/t11-/m0/s1. The molecule has 0 unspecified atom stereocenters. The highest BCUT2D eigenvalue weighted by atomic mass is 16.6. The van der Waals surface area contributed by atoms with Crippen molar-refractivity contribution in [1.29, 1.82) is 0 Å². The minimum Gasteiger partial charge on any atom is -0.508 e. The first-order valence-electron chi connectivity index (χ1n) is 6.31. The lowest BCUT2D eigenvalue weighted by Crippen LogP contribution is -2.46. The summed E-state index contributed by atoms with van der Waals surface area (Å²) in [5.41, 5.74) is 6.05. The molecule has 0 bridgehead atoms. The van der Waals surface area contributed by atoms with Gasteiger partial charge in [-0.05, 0) is 17.7 Å². The normalized spacial score (nSPS) is 17.9. The molecule has 1 aliphatic rings. The largest absolute Gasteiger partial charge is 0.508 e. The van der Waals surface area contributed by atoms with Crippen LogP contribution in [0.3, 0.4) is 0 Å². The molecule has 1 atom stereocenters. The third kappa shape index (κ3) is 3.18. The molecular weight excluding hydrogens is 262 g/mol. The molecule has 2 rings (SSSR count). The van der Waals surface area contributed by atoms with Crippen molar-refractivity contribution in [2.24, 2.45) is 5.73 Å². The van der Waals surface area contributed by atoms with Crippen LogP contribution in [0.1, 0.15) is 5.56 Å². The third-order valence-corrected chi connectivity index (χ3v) is 2.99. The predicted octanol–water partition coefficient (Wildman–Crippen LogP) is -0.212. The van der Waals surface area contributed by atoms with Crippen LogP contribution < -0.4 is 11.1 Å². The van der Waals surface area contributed by atoms with Crippen LogP contribution in [0.25, 0.3) is 0 Å². The van der Waals surface area contributed by atoms with E-state index >= 15 is 0 Å². The van der Waals surface area contributed by atoms with Crippen molar-refractivity contribution in [2.75, 3.05) is 19.7 Å². The number of hydrogen-bond acceptors (Lipinski definition) is 5. The van der Waals surface area contributed by atoms with Crippen molar-refractivity contribution < 1.29 is 19.4 Å². The zero-order valence-electron chi connectivity index (χ0n) is 10.9. The van der Waals surface area contributed by atoms with Gasteiger partial charge in [-0.2, -0.15) is 0 Å². The van der Waals surface area contributed by atoms with Crippen molar-refractivity contribution in [3.05, 3.63) is 29.8 Å². The van der Waals surface area contributed by atoms with Crippen LogP contribution in [0.5, 0.6) is 5.75 Å². The average molecular weight is 279 g/mol. The smallest absolute Gasteiger partial charge is 0.410 e. The summed E-state index contributed by atoms with van der Waals surface area (Å²) in [5, 5.41) is 12.1. The highest BCUT2D eigenvalue weighted by Crippen LogP contribution is 2.19. The van der Waals surface area contributed by atoms with Crippen molar-refractivity contribution in [3.63, 3.8) is 0 Å². The lowest BCUT2D eigenvalue weighted by atomic mass is 10.1. The van der Waals surface area contributed by atoms with Gasteiger partial charge in [-0.3, -0.25) is 9.69 Å². The molecule has 7 nitrogen and oxygen atoms in total. The summed E-state index contributed by atoms with van der Waals surface area (Å²) in [7, 11) is 0. The second-order valence-corrected chi connectivity index (χ2v) is 4.47. The lowest BCUT2D eigenvalue weighted by molar-refractivity contribution is -0.124. The first-order chi connectivity index (χ1) is 9.61. The van der Waals surface area contributed by atoms with E-state index in [9.17, 15) is 14.7 Å². The summed E-state index contributed by atoms with van der Waals surface area (Å²) in [6.07, 6.45) is -0.541. The third-order valence-electron chi connectivity index (χ3n) is 2.99. The number of carbonyl (C=O) groups is 2. The van der Waals surface area contributed by atoms with Gasteiger partial charge < -0.3 is 20.9 Å². The Morgan fingerprint density at radius 3 is 3.05 bits per heavy atom. The molecule has 1 saturated heterocycles. The molecule has 20 heavy (non-hydrogen) atoms. The number of nitrogens with two attached hydrogens (primary N) is 1. The van der Waals surface area contributed by atoms with Gasteiger partial charge in [0.25, 0.3) is 0 Å². The van der Waals surface area contributed by atoms with E-state index in [4.69, 9.17) is 10.5 Å². The number of phenols is 1. The first-order valence-corrected chi connectivity index (χ1v) is 6.31. The highest BCUT2D eigenvalue weighted by Gasteiger charge is 2.37. The van der Waals surface area contributed by atoms with Crippen molar-refractivity contribution in [3.8, 4) is 5.75 Å². The molecule has 108 valence electrons. The zero-order valence-corrected chi connectivity index (χ0v) is 10.9. The summed E-state index contributed by atoms with van der Waals surface area (Å²) in [5.74, 6) is -0.180. The molecule has 4 N–H and O–H groups in total. The Labute approximate surface area is 116 Å². The van der Waals surface area contributed by atoms with Crippen molar-refractivity contribution in [2.45, 2.75) is 12.6 Å².